The Bertz CT molecular complexity index is 620. The second-order valence-electron chi connectivity index (χ2n) is 5.12. The zero-order chi connectivity index (χ0) is 14.7. The topological polar surface area (TPSA) is 63.9 Å². The summed E-state index contributed by atoms with van der Waals surface area (Å²) in [6.07, 6.45) is 5.93. The predicted molar refractivity (Wildman–Crippen MR) is 78.5 cm³/mol. The zero-order valence-corrected chi connectivity index (χ0v) is 12.3. The number of nitrogens with zero attached hydrogens (tertiary/aromatic N) is 5. The van der Waals surface area contributed by atoms with Gasteiger partial charge in [-0.3, -0.25) is 4.79 Å². The Morgan fingerprint density at radius 2 is 1.90 bits per heavy atom. The van der Waals surface area contributed by atoms with Gasteiger partial charge >= 0.3 is 0 Å². The first kappa shape index (κ1) is 14.0. The van der Waals surface area contributed by atoms with Gasteiger partial charge in [-0.25, -0.2) is 0 Å². The van der Waals surface area contributed by atoms with Crippen LogP contribution in [-0.4, -0.2) is 44.1 Å². The van der Waals surface area contributed by atoms with E-state index in [0.717, 1.165) is 25.9 Å². The van der Waals surface area contributed by atoms with Crippen molar-refractivity contribution < 1.29 is 4.79 Å². The summed E-state index contributed by atoms with van der Waals surface area (Å²) in [4.78, 5) is 14.7. The van der Waals surface area contributed by atoms with E-state index in [0.29, 0.717) is 16.3 Å². The highest BCUT2D eigenvalue weighted by Crippen LogP contribution is 2.22. The average Bonchev–Trinajstić information content (AvgIpc) is 2.88. The third-order valence-electron chi connectivity index (χ3n) is 3.68. The molecule has 1 aliphatic heterocycles. The number of benzene rings is 1. The molecule has 1 aromatic heterocycles. The molecule has 0 unspecified atom stereocenters. The van der Waals surface area contributed by atoms with Gasteiger partial charge in [0.25, 0.3) is 5.91 Å². The molecule has 3 rings (SSSR count). The Balaban J connectivity index is 1.96. The Morgan fingerprint density at radius 1 is 1.14 bits per heavy atom. The van der Waals surface area contributed by atoms with Crippen molar-refractivity contribution in [3.63, 3.8) is 0 Å². The van der Waals surface area contributed by atoms with E-state index in [9.17, 15) is 4.79 Å². The molecule has 1 amide bonds. The fourth-order valence-electron chi connectivity index (χ4n) is 2.60. The van der Waals surface area contributed by atoms with Crippen LogP contribution in [0.15, 0.2) is 24.5 Å². The first-order chi connectivity index (χ1) is 10.3. The highest BCUT2D eigenvalue weighted by Gasteiger charge is 2.21. The smallest absolute Gasteiger partial charge is 0.256 e. The second-order valence-corrected chi connectivity index (χ2v) is 5.56. The first-order valence-corrected chi connectivity index (χ1v) is 7.46. The summed E-state index contributed by atoms with van der Waals surface area (Å²) < 4.78 is 1.49. The summed E-state index contributed by atoms with van der Waals surface area (Å²) in [6.45, 7) is 1.58. The van der Waals surface area contributed by atoms with Crippen LogP contribution in [0.2, 0.25) is 5.02 Å². The molecule has 0 N–H and O–H groups in total. The number of carbonyl (C=O) groups is 1. The van der Waals surface area contributed by atoms with E-state index >= 15 is 0 Å². The Kier molecular flexibility index (Phi) is 4.15. The van der Waals surface area contributed by atoms with Crippen LogP contribution in [0, 0.1) is 0 Å². The largest absolute Gasteiger partial charge is 0.339 e. The molecule has 0 radical (unpaired) electrons. The summed E-state index contributed by atoms with van der Waals surface area (Å²) in [5.41, 5.74) is 1.19. The Morgan fingerprint density at radius 3 is 2.57 bits per heavy atom. The van der Waals surface area contributed by atoms with Crippen molar-refractivity contribution in [3.05, 3.63) is 35.1 Å². The fraction of sp³-hybridized carbons (Fsp3) is 0.429. The lowest BCUT2D eigenvalue weighted by Crippen LogP contribution is -2.32. The number of rotatable bonds is 2. The molecule has 0 aliphatic carbocycles. The molecule has 1 aromatic carbocycles. The Labute approximate surface area is 127 Å². The molecule has 7 heteroatoms. The van der Waals surface area contributed by atoms with Crippen molar-refractivity contribution in [1.82, 2.24) is 25.1 Å². The van der Waals surface area contributed by atoms with Crippen LogP contribution in [0.5, 0.6) is 0 Å². The molecule has 2 aromatic rings. The van der Waals surface area contributed by atoms with Crippen LogP contribution in [0.1, 0.15) is 36.0 Å². The number of hydrogen-bond acceptors (Lipinski definition) is 4. The molecule has 1 aliphatic rings. The van der Waals surface area contributed by atoms with E-state index in [1.54, 1.807) is 18.2 Å². The second kappa shape index (κ2) is 6.22. The average molecular weight is 306 g/mol. The summed E-state index contributed by atoms with van der Waals surface area (Å²) in [7, 11) is 0. The van der Waals surface area contributed by atoms with Gasteiger partial charge in [0.2, 0.25) is 0 Å². The third kappa shape index (κ3) is 3.05. The van der Waals surface area contributed by atoms with Gasteiger partial charge in [-0.1, -0.05) is 24.4 Å². The van der Waals surface area contributed by atoms with E-state index in [4.69, 9.17) is 11.6 Å². The minimum absolute atomic E-state index is 0.00935. The normalized spacial score (nSPS) is 15.8. The first-order valence-electron chi connectivity index (χ1n) is 7.08. The number of halogens is 1. The molecular weight excluding hydrogens is 290 g/mol. The van der Waals surface area contributed by atoms with E-state index in [1.165, 1.54) is 23.9 Å². The van der Waals surface area contributed by atoms with Crippen LogP contribution >= 0.6 is 11.6 Å². The SMILES string of the molecule is O=C(c1cc(Cl)ccc1-n1cnnn1)N1CCCCCC1. The van der Waals surface area contributed by atoms with E-state index in [2.05, 4.69) is 15.5 Å². The van der Waals surface area contributed by atoms with E-state index < -0.39 is 0 Å². The van der Waals surface area contributed by atoms with Gasteiger partial charge in [-0.15, -0.1) is 5.10 Å². The number of tetrazole rings is 1. The van der Waals surface area contributed by atoms with Gasteiger partial charge in [-0.05, 0) is 41.5 Å². The fourth-order valence-corrected chi connectivity index (χ4v) is 2.77. The monoisotopic (exact) mass is 305 g/mol. The molecule has 0 bridgehead atoms. The van der Waals surface area contributed by atoms with E-state index in [-0.39, 0.29) is 5.91 Å². The summed E-state index contributed by atoms with van der Waals surface area (Å²) in [6, 6.07) is 5.19. The summed E-state index contributed by atoms with van der Waals surface area (Å²) >= 11 is 6.06. The van der Waals surface area contributed by atoms with Crippen molar-refractivity contribution >= 4 is 17.5 Å². The molecule has 6 nitrogen and oxygen atoms in total. The minimum atomic E-state index is -0.00935. The van der Waals surface area contributed by atoms with Crippen LogP contribution < -0.4 is 0 Å². The Hall–Kier alpha value is -1.95. The number of hydrogen-bond donors (Lipinski definition) is 0. The van der Waals surface area contributed by atoms with Gasteiger partial charge in [0.05, 0.1) is 11.3 Å². The molecule has 0 atom stereocenters. The molecule has 0 spiro atoms. The van der Waals surface area contributed by atoms with Crippen molar-refractivity contribution in [1.29, 1.82) is 0 Å². The van der Waals surface area contributed by atoms with Gasteiger partial charge in [-0.2, -0.15) is 4.68 Å². The molecule has 110 valence electrons. The number of amides is 1. The standard InChI is InChI=1S/C14H16ClN5O/c15-11-5-6-13(20-10-16-17-18-20)12(9-11)14(21)19-7-3-1-2-4-8-19/h5-6,9-10H,1-4,7-8H2. The highest BCUT2D eigenvalue weighted by atomic mass is 35.5. The lowest BCUT2D eigenvalue weighted by molar-refractivity contribution is 0.0761. The maximum atomic E-state index is 12.8. The minimum Gasteiger partial charge on any atom is -0.339 e. The maximum absolute atomic E-state index is 12.8. The van der Waals surface area contributed by atoms with Gasteiger partial charge in [0, 0.05) is 18.1 Å². The molecular formula is C14H16ClN5O. The highest BCUT2D eigenvalue weighted by molar-refractivity contribution is 6.31. The van der Waals surface area contributed by atoms with Crippen molar-refractivity contribution in [2.75, 3.05) is 13.1 Å². The summed E-state index contributed by atoms with van der Waals surface area (Å²) in [5.74, 6) is -0.00935. The summed E-state index contributed by atoms with van der Waals surface area (Å²) in [5, 5.41) is 11.6. The number of carbonyl (C=O) groups excluding carboxylic acids is 1. The molecule has 1 saturated heterocycles. The van der Waals surface area contributed by atoms with Crippen molar-refractivity contribution in [2.45, 2.75) is 25.7 Å². The van der Waals surface area contributed by atoms with Crippen molar-refractivity contribution in [2.24, 2.45) is 0 Å². The van der Waals surface area contributed by atoms with E-state index in [1.807, 2.05) is 4.90 Å². The van der Waals surface area contributed by atoms with Crippen LogP contribution in [0.3, 0.4) is 0 Å². The molecule has 0 saturated carbocycles. The van der Waals surface area contributed by atoms with Crippen LogP contribution in [0.4, 0.5) is 0 Å². The quantitative estimate of drug-likeness (QED) is 0.854. The van der Waals surface area contributed by atoms with Gasteiger partial charge < -0.3 is 4.90 Å². The van der Waals surface area contributed by atoms with Gasteiger partial charge in [0.1, 0.15) is 6.33 Å². The lowest BCUT2D eigenvalue weighted by Gasteiger charge is -2.21. The maximum Gasteiger partial charge on any atom is 0.256 e. The number of likely N-dealkylation sites (tertiary alicyclic amines) is 1. The van der Waals surface area contributed by atoms with Crippen molar-refractivity contribution in [3.8, 4) is 5.69 Å². The van der Waals surface area contributed by atoms with Gasteiger partial charge in [0.15, 0.2) is 0 Å². The van der Waals surface area contributed by atoms with Crippen LogP contribution in [0.25, 0.3) is 5.69 Å². The lowest BCUT2D eigenvalue weighted by atomic mass is 10.1. The zero-order valence-electron chi connectivity index (χ0n) is 11.6. The molecule has 21 heavy (non-hydrogen) atoms. The third-order valence-corrected chi connectivity index (χ3v) is 3.91. The molecule has 2 heterocycles. The number of aromatic nitrogens is 4. The predicted octanol–water partition coefficient (Wildman–Crippen LogP) is 2.33. The van der Waals surface area contributed by atoms with Crippen LogP contribution in [-0.2, 0) is 0 Å². The molecule has 1 fully saturated rings.